The van der Waals surface area contributed by atoms with E-state index < -0.39 is 0 Å². The number of likely N-dealkylation sites (tertiary alicyclic amines) is 1. The van der Waals surface area contributed by atoms with E-state index in [-0.39, 0.29) is 0 Å². The summed E-state index contributed by atoms with van der Waals surface area (Å²) >= 11 is 0. The average molecular weight is 298 g/mol. The van der Waals surface area contributed by atoms with Crippen molar-refractivity contribution < 1.29 is 9.84 Å². The summed E-state index contributed by atoms with van der Waals surface area (Å²) in [5.74, 6) is 1.41. The molecule has 0 aromatic carbocycles. The smallest absolute Gasteiger partial charge is 0.0472 e. The molecule has 0 bridgehead atoms. The van der Waals surface area contributed by atoms with Crippen molar-refractivity contribution in [1.82, 2.24) is 10.2 Å². The Kier molecular flexibility index (Phi) is 6.93. The Hall–Kier alpha value is -0.160. The first-order valence-electron chi connectivity index (χ1n) is 8.75. The van der Waals surface area contributed by atoms with Crippen LogP contribution in [0, 0.1) is 17.3 Å². The number of nitrogens with one attached hydrogen (secondary N) is 1. The molecule has 21 heavy (non-hydrogen) atoms. The van der Waals surface area contributed by atoms with E-state index in [4.69, 9.17) is 9.84 Å². The zero-order valence-electron chi connectivity index (χ0n) is 13.9. The van der Waals surface area contributed by atoms with E-state index in [1.165, 1.54) is 38.9 Å². The van der Waals surface area contributed by atoms with Crippen LogP contribution in [0.3, 0.4) is 0 Å². The molecule has 2 saturated heterocycles. The number of ether oxygens (including phenoxy) is 1. The van der Waals surface area contributed by atoms with Crippen LogP contribution in [-0.4, -0.2) is 62.6 Å². The van der Waals surface area contributed by atoms with Crippen molar-refractivity contribution in [3.05, 3.63) is 0 Å². The van der Waals surface area contributed by atoms with E-state index in [1.807, 2.05) is 0 Å². The largest absolute Gasteiger partial charge is 0.396 e. The highest BCUT2D eigenvalue weighted by Gasteiger charge is 2.36. The molecule has 1 atom stereocenters. The van der Waals surface area contributed by atoms with Gasteiger partial charge in [-0.1, -0.05) is 13.8 Å². The highest BCUT2D eigenvalue weighted by Crippen LogP contribution is 2.33. The van der Waals surface area contributed by atoms with Crippen LogP contribution >= 0.6 is 0 Å². The number of aliphatic hydroxyl groups excluding tert-OH is 1. The molecule has 0 aromatic heterocycles. The zero-order valence-corrected chi connectivity index (χ0v) is 13.9. The van der Waals surface area contributed by atoms with Gasteiger partial charge in [-0.3, -0.25) is 0 Å². The first-order chi connectivity index (χ1) is 10.1. The zero-order chi connectivity index (χ0) is 15.1. The first-order valence-corrected chi connectivity index (χ1v) is 8.75. The van der Waals surface area contributed by atoms with Crippen molar-refractivity contribution in [1.29, 1.82) is 0 Å². The highest BCUT2D eigenvalue weighted by molar-refractivity contribution is 4.89. The lowest BCUT2D eigenvalue weighted by Crippen LogP contribution is -2.47. The molecule has 2 N–H and O–H groups in total. The number of rotatable bonds is 8. The minimum atomic E-state index is 0.341. The first kappa shape index (κ1) is 17.2. The lowest BCUT2D eigenvalue weighted by Gasteiger charge is -2.40. The van der Waals surface area contributed by atoms with Crippen molar-refractivity contribution >= 4 is 0 Å². The van der Waals surface area contributed by atoms with Crippen LogP contribution in [0.2, 0.25) is 0 Å². The molecule has 4 nitrogen and oxygen atoms in total. The average Bonchev–Trinajstić information content (AvgIpc) is 2.87. The molecule has 0 saturated carbocycles. The van der Waals surface area contributed by atoms with E-state index in [2.05, 4.69) is 24.1 Å². The predicted molar refractivity (Wildman–Crippen MR) is 86.4 cm³/mol. The van der Waals surface area contributed by atoms with Gasteiger partial charge in [0.2, 0.25) is 0 Å². The van der Waals surface area contributed by atoms with Crippen molar-refractivity contribution in [2.45, 2.75) is 39.5 Å². The molecule has 2 rings (SSSR count). The maximum atomic E-state index is 9.11. The molecular weight excluding hydrogens is 264 g/mol. The van der Waals surface area contributed by atoms with Crippen LogP contribution in [0.5, 0.6) is 0 Å². The Morgan fingerprint density at radius 2 is 2.10 bits per heavy atom. The van der Waals surface area contributed by atoms with Crippen molar-refractivity contribution in [2.75, 3.05) is 52.5 Å². The Morgan fingerprint density at radius 1 is 1.33 bits per heavy atom. The summed E-state index contributed by atoms with van der Waals surface area (Å²) < 4.78 is 5.60. The van der Waals surface area contributed by atoms with E-state index >= 15 is 0 Å². The van der Waals surface area contributed by atoms with Gasteiger partial charge in [0.25, 0.3) is 0 Å². The van der Waals surface area contributed by atoms with Crippen molar-refractivity contribution in [3.8, 4) is 0 Å². The lowest BCUT2D eigenvalue weighted by molar-refractivity contribution is -0.00175. The molecule has 0 spiro atoms. The molecule has 2 aliphatic heterocycles. The summed E-state index contributed by atoms with van der Waals surface area (Å²) in [7, 11) is 0. The third-order valence-electron chi connectivity index (χ3n) is 5.07. The molecule has 4 heteroatoms. The van der Waals surface area contributed by atoms with E-state index in [1.54, 1.807) is 0 Å². The minimum absolute atomic E-state index is 0.341. The fourth-order valence-electron chi connectivity index (χ4n) is 3.77. The van der Waals surface area contributed by atoms with Crippen LogP contribution in [0.4, 0.5) is 0 Å². The Labute approximate surface area is 130 Å². The van der Waals surface area contributed by atoms with Gasteiger partial charge in [-0.2, -0.15) is 0 Å². The van der Waals surface area contributed by atoms with Crippen molar-refractivity contribution in [2.24, 2.45) is 17.3 Å². The van der Waals surface area contributed by atoms with Gasteiger partial charge in [0.05, 0.1) is 0 Å². The quantitative estimate of drug-likeness (QED) is 0.716. The monoisotopic (exact) mass is 298 g/mol. The maximum Gasteiger partial charge on any atom is 0.0472 e. The van der Waals surface area contributed by atoms with Gasteiger partial charge in [-0.05, 0) is 56.0 Å². The van der Waals surface area contributed by atoms with Crippen LogP contribution in [0.15, 0.2) is 0 Å². The molecule has 2 aliphatic rings. The number of hydrogen-bond donors (Lipinski definition) is 2. The number of nitrogens with zero attached hydrogens (tertiary/aromatic N) is 1. The van der Waals surface area contributed by atoms with E-state index in [0.29, 0.717) is 23.9 Å². The van der Waals surface area contributed by atoms with Gasteiger partial charge in [0.15, 0.2) is 0 Å². The van der Waals surface area contributed by atoms with Crippen LogP contribution in [0.25, 0.3) is 0 Å². The molecule has 0 amide bonds. The number of hydrogen-bond acceptors (Lipinski definition) is 4. The van der Waals surface area contributed by atoms with Gasteiger partial charge >= 0.3 is 0 Å². The van der Waals surface area contributed by atoms with Crippen LogP contribution < -0.4 is 5.32 Å². The summed E-state index contributed by atoms with van der Waals surface area (Å²) in [4.78, 5) is 2.63. The topological polar surface area (TPSA) is 44.7 Å². The summed E-state index contributed by atoms with van der Waals surface area (Å²) in [6, 6.07) is 0. The SMILES string of the molecule is CC(C)CNCC1(CN2CCC(CCO)C2)CCOCC1. The fourth-order valence-corrected chi connectivity index (χ4v) is 3.77. The maximum absolute atomic E-state index is 9.11. The van der Waals surface area contributed by atoms with Gasteiger partial charge in [0, 0.05) is 39.5 Å². The van der Waals surface area contributed by atoms with Gasteiger partial charge in [-0.25, -0.2) is 0 Å². The Balaban J connectivity index is 1.84. The second-order valence-corrected chi connectivity index (χ2v) is 7.54. The fraction of sp³-hybridized carbons (Fsp3) is 1.00. The minimum Gasteiger partial charge on any atom is -0.396 e. The predicted octanol–water partition coefficient (Wildman–Crippen LogP) is 1.73. The second-order valence-electron chi connectivity index (χ2n) is 7.54. The Morgan fingerprint density at radius 3 is 2.76 bits per heavy atom. The third kappa shape index (κ3) is 5.51. The van der Waals surface area contributed by atoms with Gasteiger partial charge < -0.3 is 20.1 Å². The standard InChI is InChI=1S/C17H34N2O2/c1-15(2)11-18-13-17(5-9-21-10-6-17)14-19-7-3-16(12-19)4-8-20/h15-16,18,20H,3-14H2,1-2H3. The number of aliphatic hydroxyl groups is 1. The molecular formula is C17H34N2O2. The molecule has 2 heterocycles. The van der Waals surface area contributed by atoms with E-state index in [0.717, 1.165) is 32.7 Å². The third-order valence-corrected chi connectivity index (χ3v) is 5.07. The lowest BCUT2D eigenvalue weighted by atomic mass is 9.79. The molecule has 2 fully saturated rings. The Bertz CT molecular complexity index is 291. The molecule has 1 unspecified atom stereocenters. The summed E-state index contributed by atoms with van der Waals surface area (Å²) in [5, 5.41) is 12.8. The van der Waals surface area contributed by atoms with Gasteiger partial charge in [-0.15, -0.1) is 0 Å². The summed E-state index contributed by atoms with van der Waals surface area (Å²) in [5.41, 5.74) is 0.390. The molecule has 124 valence electrons. The summed E-state index contributed by atoms with van der Waals surface area (Å²) in [6.45, 7) is 12.5. The molecule has 0 radical (unpaired) electrons. The van der Waals surface area contributed by atoms with E-state index in [9.17, 15) is 0 Å². The second kappa shape index (κ2) is 8.47. The van der Waals surface area contributed by atoms with Crippen LogP contribution in [0.1, 0.15) is 39.5 Å². The molecule has 0 aromatic rings. The van der Waals surface area contributed by atoms with Crippen molar-refractivity contribution in [3.63, 3.8) is 0 Å². The molecule has 0 aliphatic carbocycles. The van der Waals surface area contributed by atoms with Crippen LogP contribution in [-0.2, 0) is 4.74 Å². The normalized spacial score (nSPS) is 26.6. The highest BCUT2D eigenvalue weighted by atomic mass is 16.5. The summed E-state index contributed by atoms with van der Waals surface area (Å²) in [6.07, 6.45) is 4.59. The van der Waals surface area contributed by atoms with Gasteiger partial charge in [0.1, 0.15) is 0 Å².